The van der Waals surface area contributed by atoms with Gasteiger partial charge in [0.1, 0.15) is 0 Å². The van der Waals surface area contributed by atoms with Crippen LogP contribution in [0, 0.1) is 19.3 Å². The number of sulfonamides is 1. The van der Waals surface area contributed by atoms with E-state index in [9.17, 15) is 8.42 Å². The lowest BCUT2D eigenvalue weighted by Crippen LogP contribution is -2.45. The van der Waals surface area contributed by atoms with Crippen molar-refractivity contribution >= 4 is 10.0 Å². The molecule has 0 aromatic heterocycles. The summed E-state index contributed by atoms with van der Waals surface area (Å²) in [6.07, 6.45) is 0.768. The van der Waals surface area contributed by atoms with Crippen LogP contribution < -0.4 is 4.72 Å². The van der Waals surface area contributed by atoms with Gasteiger partial charge in [0.25, 0.3) is 0 Å². The molecule has 0 aliphatic heterocycles. The third-order valence-electron chi connectivity index (χ3n) is 3.00. The molecule has 0 spiro atoms. The van der Waals surface area contributed by atoms with Crippen LogP contribution in [0.1, 0.15) is 52.2 Å². The molecule has 0 amide bonds. The molecule has 0 unspecified atom stereocenters. The van der Waals surface area contributed by atoms with Gasteiger partial charge in [-0.25, -0.2) is 13.1 Å². The van der Waals surface area contributed by atoms with E-state index >= 15 is 0 Å². The maximum atomic E-state index is 12.6. The third-order valence-corrected chi connectivity index (χ3v) is 4.86. The lowest BCUT2D eigenvalue weighted by atomic mass is 9.82. The summed E-state index contributed by atoms with van der Waals surface area (Å²) in [7, 11) is -3.49. The average Bonchev–Trinajstić information content (AvgIpc) is 2.09. The number of rotatable bonds is 4. The Hall–Kier alpha value is -0.870. The highest BCUT2D eigenvalue weighted by Crippen LogP contribution is 2.28. The number of hydrogen-bond acceptors (Lipinski definition) is 2. The first-order valence-corrected chi connectivity index (χ1v) is 8.42. The summed E-state index contributed by atoms with van der Waals surface area (Å²) < 4.78 is 27.9. The minimum atomic E-state index is -3.49. The molecule has 0 heterocycles. The molecule has 0 saturated heterocycles. The summed E-state index contributed by atoms with van der Waals surface area (Å²) in [5.41, 5.74) is 1.43. The molecule has 3 nitrogen and oxygen atoms in total. The van der Waals surface area contributed by atoms with Crippen LogP contribution in [0.2, 0.25) is 0 Å². The first kappa shape index (κ1) is 17.2. The maximum Gasteiger partial charge on any atom is 0.241 e. The molecule has 1 aromatic carbocycles. The molecule has 0 aliphatic rings. The molecule has 114 valence electrons. The minimum absolute atomic E-state index is 0.0638. The molecule has 0 aliphatic carbocycles. The van der Waals surface area contributed by atoms with E-state index in [1.807, 2.05) is 39.8 Å². The quantitative estimate of drug-likeness (QED) is 0.919. The van der Waals surface area contributed by atoms with Crippen molar-refractivity contribution < 1.29 is 8.42 Å². The molecule has 20 heavy (non-hydrogen) atoms. The molecular weight excluding hydrogens is 270 g/mol. The highest BCUT2D eigenvalue weighted by atomic mass is 32.2. The predicted octanol–water partition coefficient (Wildman–Crippen LogP) is 3.80. The Labute approximate surface area is 123 Å². The second-order valence-electron chi connectivity index (χ2n) is 7.50. The van der Waals surface area contributed by atoms with E-state index in [0.717, 1.165) is 17.5 Å². The van der Waals surface area contributed by atoms with Gasteiger partial charge in [0.2, 0.25) is 10.0 Å². The number of benzene rings is 1. The van der Waals surface area contributed by atoms with Gasteiger partial charge >= 0.3 is 0 Å². The average molecular weight is 297 g/mol. The van der Waals surface area contributed by atoms with Crippen LogP contribution >= 0.6 is 0 Å². The summed E-state index contributed by atoms with van der Waals surface area (Å²) in [6, 6.07) is 5.41. The van der Waals surface area contributed by atoms with E-state index in [1.165, 1.54) is 0 Å². The van der Waals surface area contributed by atoms with E-state index in [0.29, 0.717) is 4.90 Å². The van der Waals surface area contributed by atoms with Gasteiger partial charge in [-0.15, -0.1) is 0 Å². The summed E-state index contributed by atoms with van der Waals surface area (Å²) in [4.78, 5) is 0.366. The molecule has 0 fully saturated rings. The molecular formula is C16H27NO2S. The summed E-state index contributed by atoms with van der Waals surface area (Å²) >= 11 is 0. The van der Waals surface area contributed by atoms with Crippen molar-refractivity contribution in [3.63, 3.8) is 0 Å². The summed E-state index contributed by atoms with van der Waals surface area (Å²) in [5, 5.41) is 0. The minimum Gasteiger partial charge on any atom is -0.207 e. The van der Waals surface area contributed by atoms with Crippen LogP contribution in [0.5, 0.6) is 0 Å². The largest absolute Gasteiger partial charge is 0.241 e. The van der Waals surface area contributed by atoms with Gasteiger partial charge in [-0.2, -0.15) is 0 Å². The zero-order valence-corrected chi connectivity index (χ0v) is 14.5. The molecule has 1 N–H and O–H groups in total. The van der Waals surface area contributed by atoms with E-state index in [4.69, 9.17) is 0 Å². The van der Waals surface area contributed by atoms with Crippen LogP contribution in [0.15, 0.2) is 23.1 Å². The molecule has 0 saturated carbocycles. The Morgan fingerprint density at radius 2 is 1.60 bits per heavy atom. The Morgan fingerprint density at radius 3 is 2.05 bits per heavy atom. The highest BCUT2D eigenvalue weighted by molar-refractivity contribution is 7.89. The Balaban J connectivity index is 3.06. The van der Waals surface area contributed by atoms with Gasteiger partial charge in [0.05, 0.1) is 4.90 Å². The number of hydrogen-bond donors (Lipinski definition) is 1. The summed E-state index contributed by atoms with van der Waals surface area (Å²) in [6.45, 7) is 14.0. The Kier molecular flexibility index (Phi) is 4.72. The first-order valence-electron chi connectivity index (χ1n) is 6.94. The fourth-order valence-corrected chi connectivity index (χ4v) is 4.52. The standard InChI is InChI=1S/C16H27NO2S/c1-12-8-9-14(13(2)10-12)20(18,19)17-16(6,7)11-15(3,4)5/h8-10,17H,11H2,1-7H3. The summed E-state index contributed by atoms with van der Waals surface area (Å²) in [5.74, 6) is 0. The van der Waals surface area contributed by atoms with Crippen molar-refractivity contribution in [1.29, 1.82) is 0 Å². The van der Waals surface area contributed by atoms with Crippen molar-refractivity contribution in [2.45, 2.75) is 65.3 Å². The zero-order chi connectivity index (χ0) is 15.8. The van der Waals surface area contributed by atoms with Gasteiger partial charge in [0, 0.05) is 5.54 Å². The van der Waals surface area contributed by atoms with Crippen LogP contribution in [0.25, 0.3) is 0 Å². The van der Waals surface area contributed by atoms with Gasteiger partial charge in [0.15, 0.2) is 0 Å². The lowest BCUT2D eigenvalue weighted by molar-refractivity contribution is 0.269. The van der Waals surface area contributed by atoms with Gasteiger partial charge in [-0.3, -0.25) is 0 Å². The van der Waals surface area contributed by atoms with Crippen LogP contribution in [0.4, 0.5) is 0 Å². The second kappa shape index (κ2) is 5.49. The third kappa shape index (κ3) is 4.91. The molecule has 0 radical (unpaired) electrons. The van der Waals surface area contributed by atoms with Crippen molar-refractivity contribution in [2.75, 3.05) is 0 Å². The van der Waals surface area contributed by atoms with Crippen LogP contribution in [0.3, 0.4) is 0 Å². The van der Waals surface area contributed by atoms with E-state index in [2.05, 4.69) is 25.5 Å². The van der Waals surface area contributed by atoms with Gasteiger partial charge in [-0.1, -0.05) is 38.5 Å². The smallest absolute Gasteiger partial charge is 0.207 e. The van der Waals surface area contributed by atoms with Gasteiger partial charge in [-0.05, 0) is 51.2 Å². The zero-order valence-electron chi connectivity index (χ0n) is 13.7. The molecule has 1 aromatic rings. The number of aryl methyl sites for hydroxylation is 2. The van der Waals surface area contributed by atoms with Crippen molar-refractivity contribution in [3.8, 4) is 0 Å². The molecule has 4 heteroatoms. The van der Waals surface area contributed by atoms with Crippen LogP contribution in [-0.2, 0) is 10.0 Å². The normalized spacial score (nSPS) is 13.6. The first-order chi connectivity index (χ1) is 8.82. The molecule has 0 atom stereocenters. The lowest BCUT2D eigenvalue weighted by Gasteiger charge is -2.33. The van der Waals surface area contributed by atoms with Crippen LogP contribution in [-0.4, -0.2) is 14.0 Å². The molecule has 1 rings (SSSR count). The highest BCUT2D eigenvalue weighted by Gasteiger charge is 2.31. The van der Waals surface area contributed by atoms with E-state index < -0.39 is 15.6 Å². The van der Waals surface area contributed by atoms with Crippen molar-refractivity contribution in [3.05, 3.63) is 29.3 Å². The fraction of sp³-hybridized carbons (Fsp3) is 0.625. The Morgan fingerprint density at radius 1 is 1.05 bits per heavy atom. The van der Waals surface area contributed by atoms with Crippen molar-refractivity contribution in [2.24, 2.45) is 5.41 Å². The van der Waals surface area contributed by atoms with E-state index in [1.54, 1.807) is 6.07 Å². The topological polar surface area (TPSA) is 46.2 Å². The SMILES string of the molecule is Cc1ccc(S(=O)(=O)NC(C)(C)CC(C)(C)C)c(C)c1. The Bertz CT molecular complexity index is 581. The predicted molar refractivity (Wildman–Crippen MR) is 84.4 cm³/mol. The van der Waals surface area contributed by atoms with Gasteiger partial charge < -0.3 is 0 Å². The fourth-order valence-electron chi connectivity index (χ4n) is 2.88. The maximum absolute atomic E-state index is 12.6. The monoisotopic (exact) mass is 297 g/mol. The van der Waals surface area contributed by atoms with Crippen molar-refractivity contribution in [1.82, 2.24) is 4.72 Å². The molecule has 0 bridgehead atoms. The number of nitrogens with one attached hydrogen (secondary N) is 1. The second-order valence-corrected chi connectivity index (χ2v) is 9.15. The van der Waals surface area contributed by atoms with E-state index in [-0.39, 0.29) is 5.41 Å².